The van der Waals surface area contributed by atoms with Gasteiger partial charge >= 0.3 is 0 Å². The lowest BCUT2D eigenvalue weighted by Crippen LogP contribution is -2.24. The number of benzene rings is 3. The van der Waals surface area contributed by atoms with Gasteiger partial charge in [0.1, 0.15) is 24.0 Å². The van der Waals surface area contributed by atoms with E-state index in [0.29, 0.717) is 28.1 Å². The van der Waals surface area contributed by atoms with E-state index >= 15 is 0 Å². The van der Waals surface area contributed by atoms with Gasteiger partial charge in [-0.3, -0.25) is 8.78 Å². The second-order valence-electron chi connectivity index (χ2n) is 10.2. The quantitative estimate of drug-likeness (QED) is 0.187. The normalized spacial score (nSPS) is 12.2. The summed E-state index contributed by atoms with van der Waals surface area (Å²) >= 11 is 0. The summed E-state index contributed by atoms with van der Waals surface area (Å²) in [7, 11) is 1.67. The molecule has 1 atom stereocenters. The highest BCUT2D eigenvalue weighted by Crippen LogP contribution is 2.38. The van der Waals surface area contributed by atoms with Crippen LogP contribution in [0.25, 0.3) is 11.4 Å². The number of rotatable bonds is 11. The number of ether oxygens (including phenoxy) is 3. The number of imidazole rings is 2. The first-order valence-corrected chi connectivity index (χ1v) is 14.7. The number of halogens is 1. The fourth-order valence-electron chi connectivity index (χ4n) is 4.83. The summed E-state index contributed by atoms with van der Waals surface area (Å²) in [5, 5.41) is 0.361. The van der Waals surface area contributed by atoms with Crippen molar-refractivity contribution in [1.29, 1.82) is 0 Å². The molecular weight excluding hydrogens is 555 g/mol. The number of hydrogen-bond acceptors (Lipinski definition) is 6. The van der Waals surface area contributed by atoms with Crippen molar-refractivity contribution in [3.8, 4) is 28.6 Å². The smallest absolute Gasteiger partial charge is 0.203 e. The molecule has 0 saturated carbocycles. The highest BCUT2D eigenvalue weighted by molar-refractivity contribution is 7.84. The van der Waals surface area contributed by atoms with Crippen molar-refractivity contribution < 1.29 is 22.8 Å². The summed E-state index contributed by atoms with van der Waals surface area (Å²) in [5.41, 5.74) is 2.78. The monoisotopic (exact) mass is 588 g/mol. The van der Waals surface area contributed by atoms with E-state index in [9.17, 15) is 8.60 Å². The zero-order valence-electron chi connectivity index (χ0n) is 24.2. The molecule has 0 spiro atoms. The Bertz CT molecular complexity index is 1690. The van der Waals surface area contributed by atoms with Crippen molar-refractivity contribution in [3.05, 3.63) is 108 Å². The predicted octanol–water partition coefficient (Wildman–Crippen LogP) is 6.04. The second-order valence-corrected chi connectivity index (χ2v) is 11.6. The third-order valence-corrected chi connectivity index (χ3v) is 8.47. The first kappa shape index (κ1) is 29.1. The zero-order valence-corrected chi connectivity index (χ0v) is 25.0. The number of hydrogen-bond donors (Lipinski definition) is 0. The average molecular weight is 589 g/mol. The van der Waals surface area contributed by atoms with E-state index in [2.05, 4.69) is 23.8 Å². The largest absolute Gasteiger partial charge is 0.493 e. The van der Waals surface area contributed by atoms with Gasteiger partial charge in [0, 0.05) is 29.2 Å². The molecule has 2 aromatic heterocycles. The Morgan fingerprint density at radius 3 is 2.24 bits per heavy atom. The molecule has 42 heavy (non-hydrogen) atoms. The van der Waals surface area contributed by atoms with Crippen LogP contribution < -0.4 is 14.2 Å². The van der Waals surface area contributed by atoms with Gasteiger partial charge in [0.25, 0.3) is 0 Å². The van der Waals surface area contributed by atoms with Crippen LogP contribution >= 0.6 is 0 Å². The van der Waals surface area contributed by atoms with Gasteiger partial charge in [-0.25, -0.2) is 14.4 Å². The van der Waals surface area contributed by atoms with E-state index in [1.165, 1.54) is 12.1 Å². The van der Waals surface area contributed by atoms with Gasteiger partial charge in [0.15, 0.2) is 11.5 Å². The van der Waals surface area contributed by atoms with Crippen molar-refractivity contribution in [2.75, 3.05) is 26.6 Å². The van der Waals surface area contributed by atoms with Gasteiger partial charge in [-0.15, -0.1) is 0 Å². The van der Waals surface area contributed by atoms with Crippen LogP contribution in [0.5, 0.6) is 17.2 Å². The summed E-state index contributed by atoms with van der Waals surface area (Å²) in [4.78, 5) is 8.86. The van der Waals surface area contributed by atoms with Crippen LogP contribution in [0.1, 0.15) is 30.9 Å². The van der Waals surface area contributed by atoms with E-state index in [4.69, 9.17) is 14.2 Å². The molecule has 5 aromatic rings. The number of methoxy groups -OCH3 is 2. The molecule has 1 unspecified atom stereocenters. The average Bonchev–Trinajstić information content (AvgIpc) is 3.64. The molecule has 3 aromatic carbocycles. The standard InChI is InChI=1S/C32H33FN4O4S/c1-22-34-16-17-36(22)25-11-13-27(14-12-25)41-18-19-42(38)31-35-21-30(37(31)26-9-7-24(33)8-10-26)32(2,3)23-6-15-28(39-4)29(20-23)40-5/h6-17,20-21H,18-19H2,1-5H3. The van der Waals surface area contributed by atoms with Gasteiger partial charge in [0.05, 0.1) is 42.7 Å². The summed E-state index contributed by atoms with van der Waals surface area (Å²) < 4.78 is 48.2. The molecule has 0 amide bonds. The second kappa shape index (κ2) is 12.2. The molecular formula is C32H33FN4O4S. The lowest BCUT2D eigenvalue weighted by Gasteiger charge is -2.28. The van der Waals surface area contributed by atoms with Crippen LogP contribution in [-0.4, -0.2) is 49.9 Å². The van der Waals surface area contributed by atoms with Gasteiger partial charge < -0.3 is 18.8 Å². The number of nitrogens with zero attached hydrogens (tertiary/aromatic N) is 4. The fraction of sp³-hybridized carbons (Fsp3) is 0.250. The van der Waals surface area contributed by atoms with Gasteiger partial charge in [-0.05, 0) is 73.2 Å². The Kier molecular flexibility index (Phi) is 8.44. The summed E-state index contributed by atoms with van der Waals surface area (Å²) in [6.07, 6.45) is 5.38. The molecule has 2 heterocycles. The van der Waals surface area contributed by atoms with Gasteiger partial charge in [0.2, 0.25) is 5.16 Å². The van der Waals surface area contributed by atoms with Crippen LogP contribution in [0.4, 0.5) is 4.39 Å². The van der Waals surface area contributed by atoms with Crippen LogP contribution in [-0.2, 0) is 16.2 Å². The summed E-state index contributed by atoms with van der Waals surface area (Å²) in [6.45, 7) is 6.27. The third kappa shape index (κ3) is 5.80. The molecule has 8 nitrogen and oxygen atoms in total. The first-order valence-electron chi connectivity index (χ1n) is 13.4. The molecule has 0 aliphatic heterocycles. The highest BCUT2D eigenvalue weighted by atomic mass is 32.2. The van der Waals surface area contributed by atoms with E-state index in [-0.39, 0.29) is 18.2 Å². The summed E-state index contributed by atoms with van der Waals surface area (Å²) in [5.74, 6) is 2.65. The Balaban J connectivity index is 1.40. The SMILES string of the molecule is COc1ccc(C(C)(C)c2cnc(S(=O)CCOc3ccc(-n4ccnc4C)cc3)n2-c2ccc(F)cc2)cc1OC. The summed E-state index contributed by atoms with van der Waals surface area (Å²) in [6, 6.07) is 19.5. The molecule has 0 aliphatic carbocycles. The molecule has 0 bridgehead atoms. The molecule has 5 rings (SSSR count). The predicted molar refractivity (Wildman–Crippen MR) is 160 cm³/mol. The van der Waals surface area contributed by atoms with Crippen LogP contribution in [0, 0.1) is 12.7 Å². The Labute approximate surface area is 247 Å². The van der Waals surface area contributed by atoms with E-state index < -0.39 is 16.2 Å². The molecule has 10 heteroatoms. The number of aryl methyl sites for hydroxylation is 1. The van der Waals surface area contributed by atoms with Crippen molar-refractivity contribution in [1.82, 2.24) is 19.1 Å². The molecule has 0 aliphatic rings. The van der Waals surface area contributed by atoms with Crippen LogP contribution in [0.15, 0.2) is 90.5 Å². The molecule has 0 radical (unpaired) electrons. The van der Waals surface area contributed by atoms with Crippen LogP contribution in [0.2, 0.25) is 0 Å². The van der Waals surface area contributed by atoms with E-state index in [1.807, 2.05) is 64.7 Å². The lowest BCUT2D eigenvalue weighted by molar-refractivity contribution is 0.342. The van der Waals surface area contributed by atoms with E-state index in [1.54, 1.807) is 38.7 Å². The lowest BCUT2D eigenvalue weighted by atomic mass is 9.81. The molecule has 218 valence electrons. The number of aromatic nitrogens is 4. The Morgan fingerprint density at radius 1 is 0.905 bits per heavy atom. The zero-order chi connectivity index (χ0) is 29.9. The minimum atomic E-state index is -1.51. The van der Waals surface area contributed by atoms with Crippen molar-refractivity contribution in [2.24, 2.45) is 0 Å². The highest BCUT2D eigenvalue weighted by Gasteiger charge is 2.31. The van der Waals surface area contributed by atoms with E-state index in [0.717, 1.165) is 22.8 Å². The third-order valence-electron chi connectivity index (χ3n) is 7.24. The minimum Gasteiger partial charge on any atom is -0.493 e. The first-order chi connectivity index (χ1) is 20.2. The molecule has 0 N–H and O–H groups in total. The molecule has 0 fully saturated rings. The van der Waals surface area contributed by atoms with Crippen molar-refractivity contribution >= 4 is 10.8 Å². The minimum absolute atomic E-state index is 0.219. The van der Waals surface area contributed by atoms with Crippen molar-refractivity contribution in [3.63, 3.8) is 0 Å². The van der Waals surface area contributed by atoms with Gasteiger partial charge in [-0.2, -0.15) is 0 Å². The topological polar surface area (TPSA) is 80.4 Å². The van der Waals surface area contributed by atoms with Gasteiger partial charge in [-0.1, -0.05) is 19.9 Å². The molecule has 0 saturated heterocycles. The van der Waals surface area contributed by atoms with Crippen LogP contribution in [0.3, 0.4) is 0 Å². The van der Waals surface area contributed by atoms with Crippen molar-refractivity contribution in [2.45, 2.75) is 31.3 Å². The Morgan fingerprint density at radius 2 is 1.60 bits per heavy atom. The maximum Gasteiger partial charge on any atom is 0.203 e. The maximum atomic E-state index is 13.9. The maximum absolute atomic E-state index is 13.9. The Hall–Kier alpha value is -4.44. The fourth-order valence-corrected chi connectivity index (χ4v) is 5.82.